The Morgan fingerprint density at radius 1 is 1.14 bits per heavy atom. The Morgan fingerprint density at radius 2 is 1.86 bits per heavy atom. The number of nitro benzene ring substituents is 1. The van der Waals surface area contributed by atoms with Crippen LogP contribution in [0.3, 0.4) is 0 Å². The molecule has 0 aliphatic heterocycles. The molecule has 0 heterocycles. The molecule has 2 rings (SSSR count). The van der Waals surface area contributed by atoms with Crippen molar-refractivity contribution < 1.29 is 9.72 Å². The van der Waals surface area contributed by atoms with Crippen LogP contribution in [-0.4, -0.2) is 17.9 Å². The van der Waals surface area contributed by atoms with E-state index in [1.165, 1.54) is 23.1 Å². The average molecular weight is 280 g/mol. The number of carbonyl (C=O) groups is 1. The lowest BCUT2D eigenvalue weighted by Crippen LogP contribution is -2.24. The summed E-state index contributed by atoms with van der Waals surface area (Å²) in [6, 6.07) is 15.0. The number of benzene rings is 2. The summed E-state index contributed by atoms with van der Waals surface area (Å²) in [5.41, 5.74) is 1.11. The van der Waals surface area contributed by atoms with Gasteiger partial charge in [0.2, 0.25) is 0 Å². The van der Waals surface area contributed by atoms with E-state index >= 15 is 0 Å². The summed E-state index contributed by atoms with van der Waals surface area (Å²) >= 11 is 0. The molecule has 21 heavy (non-hydrogen) atoms. The van der Waals surface area contributed by atoms with Crippen molar-refractivity contribution in [3.05, 3.63) is 70.3 Å². The summed E-state index contributed by atoms with van der Waals surface area (Å²) in [6.07, 6.45) is 0. The van der Waals surface area contributed by atoms with E-state index in [0.29, 0.717) is 5.56 Å². The number of anilines is 1. The van der Waals surface area contributed by atoms with Gasteiger partial charge in [-0.25, -0.2) is 0 Å². The van der Waals surface area contributed by atoms with E-state index in [9.17, 15) is 14.9 Å². The smallest absolute Gasteiger partial charge is 0.302 e. The van der Waals surface area contributed by atoms with Gasteiger partial charge >= 0.3 is 5.91 Å². The predicted molar refractivity (Wildman–Crippen MR) is 79.8 cm³/mol. The molecule has 0 saturated carbocycles. The highest BCUT2D eigenvalue weighted by Crippen LogP contribution is 2.13. The van der Waals surface area contributed by atoms with Crippen molar-refractivity contribution in [3.8, 4) is 11.8 Å². The first-order chi connectivity index (χ1) is 10.1. The van der Waals surface area contributed by atoms with Gasteiger partial charge in [-0.3, -0.25) is 14.9 Å². The normalized spacial score (nSPS) is 9.38. The quantitative estimate of drug-likeness (QED) is 0.482. The Kier molecular flexibility index (Phi) is 4.32. The molecule has 5 nitrogen and oxygen atoms in total. The standard InChI is InChI=1S/C16H12N2O3/c1-17(14-7-3-2-4-8-14)16(19)11-10-13-6-5-9-15(12-13)18(20)21/h2-9,12H,1H3. The van der Waals surface area contributed by atoms with Crippen LogP contribution < -0.4 is 4.90 Å². The summed E-state index contributed by atoms with van der Waals surface area (Å²) in [5.74, 6) is 4.74. The lowest BCUT2D eigenvalue weighted by molar-refractivity contribution is -0.384. The molecule has 2 aromatic rings. The average Bonchev–Trinajstić information content (AvgIpc) is 2.53. The molecule has 0 spiro atoms. The van der Waals surface area contributed by atoms with Gasteiger partial charge in [-0.15, -0.1) is 0 Å². The van der Waals surface area contributed by atoms with Gasteiger partial charge in [-0.1, -0.05) is 30.2 Å². The van der Waals surface area contributed by atoms with Crippen molar-refractivity contribution in [3.63, 3.8) is 0 Å². The van der Waals surface area contributed by atoms with Crippen LogP contribution >= 0.6 is 0 Å². The van der Waals surface area contributed by atoms with Crippen molar-refractivity contribution in [2.24, 2.45) is 0 Å². The molecule has 0 saturated heterocycles. The second kappa shape index (κ2) is 6.35. The molecule has 0 aromatic heterocycles. The fourth-order valence-electron chi connectivity index (χ4n) is 1.68. The molecule has 0 bridgehead atoms. The number of nitro groups is 1. The maximum Gasteiger partial charge on any atom is 0.302 e. The Labute approximate surface area is 122 Å². The molecule has 104 valence electrons. The van der Waals surface area contributed by atoms with Gasteiger partial charge in [0.25, 0.3) is 5.69 Å². The number of rotatable bonds is 2. The fraction of sp³-hybridized carbons (Fsp3) is 0.0625. The number of hydrogen-bond acceptors (Lipinski definition) is 3. The summed E-state index contributed by atoms with van der Waals surface area (Å²) in [7, 11) is 1.62. The zero-order valence-electron chi connectivity index (χ0n) is 11.3. The third kappa shape index (κ3) is 3.67. The molecule has 5 heteroatoms. The predicted octanol–water partition coefficient (Wildman–Crippen LogP) is 2.61. The van der Waals surface area contributed by atoms with E-state index < -0.39 is 4.92 Å². The Hall–Kier alpha value is -3.13. The SMILES string of the molecule is CN(C(=O)C#Cc1cccc([N+](=O)[O-])c1)c1ccccc1. The molecule has 0 aliphatic carbocycles. The molecule has 0 aliphatic rings. The molecule has 0 fully saturated rings. The summed E-state index contributed by atoms with van der Waals surface area (Å²) < 4.78 is 0. The van der Waals surface area contributed by atoms with Gasteiger partial charge in [0.05, 0.1) is 4.92 Å². The van der Waals surface area contributed by atoms with Crippen LogP contribution in [-0.2, 0) is 4.79 Å². The van der Waals surface area contributed by atoms with Crippen molar-refractivity contribution >= 4 is 17.3 Å². The molecule has 0 radical (unpaired) electrons. The van der Waals surface area contributed by atoms with Crippen LogP contribution in [0.25, 0.3) is 0 Å². The zero-order valence-corrected chi connectivity index (χ0v) is 11.3. The molecular formula is C16H12N2O3. The Balaban J connectivity index is 2.17. The molecule has 0 N–H and O–H groups in total. The highest BCUT2D eigenvalue weighted by molar-refractivity contribution is 6.05. The first-order valence-electron chi connectivity index (χ1n) is 6.17. The molecule has 1 amide bonds. The summed E-state index contributed by atoms with van der Waals surface area (Å²) in [4.78, 5) is 23.5. The molecule has 2 aromatic carbocycles. The highest BCUT2D eigenvalue weighted by atomic mass is 16.6. The number of hydrogen-bond donors (Lipinski definition) is 0. The Morgan fingerprint density at radius 3 is 2.52 bits per heavy atom. The van der Waals surface area contributed by atoms with Crippen LogP contribution in [0.5, 0.6) is 0 Å². The van der Waals surface area contributed by atoms with E-state index in [0.717, 1.165) is 5.69 Å². The number of amides is 1. The number of nitrogens with zero attached hydrogens (tertiary/aromatic N) is 2. The van der Waals surface area contributed by atoms with Crippen molar-refractivity contribution in [1.29, 1.82) is 0 Å². The fourth-order valence-corrected chi connectivity index (χ4v) is 1.68. The van der Waals surface area contributed by atoms with Crippen LogP contribution in [0, 0.1) is 22.0 Å². The van der Waals surface area contributed by atoms with Crippen molar-refractivity contribution in [2.75, 3.05) is 11.9 Å². The molecule has 0 unspecified atom stereocenters. The lowest BCUT2D eigenvalue weighted by atomic mass is 10.2. The van der Waals surface area contributed by atoms with E-state index in [2.05, 4.69) is 11.8 Å². The third-order valence-electron chi connectivity index (χ3n) is 2.82. The highest BCUT2D eigenvalue weighted by Gasteiger charge is 2.07. The van der Waals surface area contributed by atoms with Gasteiger partial charge in [0.15, 0.2) is 0 Å². The first kappa shape index (κ1) is 14.3. The summed E-state index contributed by atoms with van der Waals surface area (Å²) in [5, 5.41) is 10.7. The van der Waals surface area contributed by atoms with Crippen LogP contribution in [0.2, 0.25) is 0 Å². The number of para-hydroxylation sites is 1. The van der Waals surface area contributed by atoms with Crippen LogP contribution in [0.15, 0.2) is 54.6 Å². The van der Waals surface area contributed by atoms with E-state index in [1.54, 1.807) is 25.2 Å². The molecular weight excluding hydrogens is 268 g/mol. The second-order valence-electron chi connectivity index (χ2n) is 4.26. The van der Waals surface area contributed by atoms with Crippen LogP contribution in [0.1, 0.15) is 5.56 Å². The number of carbonyl (C=O) groups excluding carboxylic acids is 1. The van der Waals surface area contributed by atoms with Gasteiger partial charge < -0.3 is 4.90 Å². The second-order valence-corrected chi connectivity index (χ2v) is 4.26. The minimum absolute atomic E-state index is 0.0503. The first-order valence-corrected chi connectivity index (χ1v) is 6.17. The van der Waals surface area contributed by atoms with Gasteiger partial charge in [0, 0.05) is 36.4 Å². The molecule has 0 atom stereocenters. The van der Waals surface area contributed by atoms with Crippen LogP contribution in [0.4, 0.5) is 11.4 Å². The monoisotopic (exact) mass is 280 g/mol. The van der Waals surface area contributed by atoms with Crippen molar-refractivity contribution in [2.45, 2.75) is 0 Å². The number of non-ortho nitro benzene ring substituents is 1. The van der Waals surface area contributed by atoms with Gasteiger partial charge in [-0.05, 0) is 18.2 Å². The lowest BCUT2D eigenvalue weighted by Gasteiger charge is -2.13. The maximum atomic E-state index is 12.0. The van der Waals surface area contributed by atoms with E-state index in [4.69, 9.17) is 0 Å². The summed E-state index contributed by atoms with van der Waals surface area (Å²) in [6.45, 7) is 0. The van der Waals surface area contributed by atoms with E-state index in [1.807, 2.05) is 18.2 Å². The third-order valence-corrected chi connectivity index (χ3v) is 2.82. The minimum atomic E-state index is -0.497. The maximum absolute atomic E-state index is 12.0. The Bertz CT molecular complexity index is 730. The zero-order chi connectivity index (χ0) is 15.2. The largest absolute Gasteiger partial charge is 0.305 e. The van der Waals surface area contributed by atoms with Gasteiger partial charge in [0.1, 0.15) is 0 Å². The van der Waals surface area contributed by atoms with Crippen molar-refractivity contribution in [1.82, 2.24) is 0 Å². The topological polar surface area (TPSA) is 63.5 Å². The minimum Gasteiger partial charge on any atom is -0.305 e. The van der Waals surface area contributed by atoms with E-state index in [-0.39, 0.29) is 11.6 Å². The van der Waals surface area contributed by atoms with Gasteiger partial charge in [-0.2, -0.15) is 0 Å².